The molecule has 0 bridgehead atoms. The van der Waals surface area contributed by atoms with Crippen molar-refractivity contribution in [2.45, 2.75) is 57.6 Å². The molecule has 1 rings (SSSR count). The Morgan fingerprint density at radius 2 is 2.00 bits per heavy atom. The molecule has 0 spiro atoms. The Hall–Kier alpha value is 0.310. The Labute approximate surface area is 99.6 Å². The number of hydrogen-bond acceptors (Lipinski definition) is 2. The van der Waals surface area contributed by atoms with Crippen LogP contribution in [0.15, 0.2) is 0 Å². The van der Waals surface area contributed by atoms with Gasteiger partial charge in [0.05, 0.1) is 0 Å². The van der Waals surface area contributed by atoms with Crippen LogP contribution in [0.2, 0.25) is 0 Å². The fraction of sp³-hybridized carbons (Fsp3) is 1.00. The first-order valence-corrected chi connectivity index (χ1v) is 7.68. The first-order valence-electron chi connectivity index (χ1n) is 6.63. The summed E-state index contributed by atoms with van der Waals surface area (Å²) >= 11 is 2.18. The van der Waals surface area contributed by atoms with E-state index in [1.165, 1.54) is 44.3 Å². The smallest absolute Gasteiger partial charge is 0.00899 e. The van der Waals surface area contributed by atoms with Gasteiger partial charge >= 0.3 is 0 Å². The average molecular weight is 229 g/mol. The third-order valence-electron chi connectivity index (χ3n) is 3.57. The van der Waals surface area contributed by atoms with Gasteiger partial charge in [-0.1, -0.05) is 33.1 Å². The highest BCUT2D eigenvalue weighted by molar-refractivity contribution is 7.99. The zero-order valence-electron chi connectivity index (χ0n) is 10.4. The fourth-order valence-corrected chi connectivity index (χ4v) is 4.15. The van der Waals surface area contributed by atoms with E-state index in [0.717, 1.165) is 23.6 Å². The monoisotopic (exact) mass is 229 g/mol. The lowest BCUT2D eigenvalue weighted by Crippen LogP contribution is -2.32. The standard InChI is InChI=1S/C13H27NS/c1-3-5-11-6-7-12(10-14)13(9-11)15-8-4-2/h11-13H,3-10,14H2,1-2H3. The van der Waals surface area contributed by atoms with Crippen LogP contribution in [-0.2, 0) is 0 Å². The molecule has 3 unspecified atom stereocenters. The summed E-state index contributed by atoms with van der Waals surface area (Å²) in [4.78, 5) is 0. The largest absolute Gasteiger partial charge is 0.330 e. The van der Waals surface area contributed by atoms with Crippen LogP contribution in [0.4, 0.5) is 0 Å². The van der Waals surface area contributed by atoms with E-state index in [2.05, 4.69) is 25.6 Å². The molecule has 3 atom stereocenters. The Balaban J connectivity index is 2.38. The molecule has 0 aliphatic heterocycles. The van der Waals surface area contributed by atoms with Crippen LogP contribution in [0.3, 0.4) is 0 Å². The fourth-order valence-electron chi connectivity index (χ4n) is 2.69. The van der Waals surface area contributed by atoms with Gasteiger partial charge in [0.1, 0.15) is 0 Å². The first-order chi connectivity index (χ1) is 7.31. The van der Waals surface area contributed by atoms with E-state index >= 15 is 0 Å². The molecule has 0 aromatic rings. The van der Waals surface area contributed by atoms with Gasteiger partial charge in [-0.25, -0.2) is 0 Å². The van der Waals surface area contributed by atoms with Crippen molar-refractivity contribution < 1.29 is 0 Å². The molecule has 1 saturated carbocycles. The number of thioether (sulfide) groups is 1. The molecule has 90 valence electrons. The SMILES string of the molecule is CCCSC1CC(CCC)CCC1CN. The van der Waals surface area contributed by atoms with Crippen LogP contribution < -0.4 is 5.73 Å². The highest BCUT2D eigenvalue weighted by Crippen LogP contribution is 2.38. The van der Waals surface area contributed by atoms with Crippen molar-refractivity contribution in [1.82, 2.24) is 0 Å². The zero-order valence-corrected chi connectivity index (χ0v) is 11.2. The van der Waals surface area contributed by atoms with Crippen LogP contribution in [-0.4, -0.2) is 17.5 Å². The quantitative estimate of drug-likeness (QED) is 0.752. The lowest BCUT2D eigenvalue weighted by Gasteiger charge is -2.35. The summed E-state index contributed by atoms with van der Waals surface area (Å²) < 4.78 is 0. The zero-order chi connectivity index (χ0) is 11.1. The summed E-state index contributed by atoms with van der Waals surface area (Å²) in [5.74, 6) is 3.11. The van der Waals surface area contributed by atoms with Crippen molar-refractivity contribution in [1.29, 1.82) is 0 Å². The average Bonchev–Trinajstić information content (AvgIpc) is 2.27. The van der Waals surface area contributed by atoms with E-state index in [0.29, 0.717) is 0 Å². The minimum Gasteiger partial charge on any atom is -0.330 e. The van der Waals surface area contributed by atoms with E-state index < -0.39 is 0 Å². The van der Waals surface area contributed by atoms with Gasteiger partial charge in [0, 0.05) is 5.25 Å². The predicted octanol–water partition coefficient (Wildman–Crippen LogP) is 3.67. The maximum Gasteiger partial charge on any atom is 0.00899 e. The summed E-state index contributed by atoms with van der Waals surface area (Å²) in [5.41, 5.74) is 5.87. The third kappa shape index (κ3) is 4.36. The molecule has 0 radical (unpaired) electrons. The van der Waals surface area contributed by atoms with Crippen LogP contribution in [0, 0.1) is 11.8 Å². The van der Waals surface area contributed by atoms with Gasteiger partial charge < -0.3 is 5.73 Å². The van der Waals surface area contributed by atoms with Crippen molar-refractivity contribution in [2.24, 2.45) is 17.6 Å². The molecular formula is C13H27NS. The van der Waals surface area contributed by atoms with Gasteiger partial charge in [0.25, 0.3) is 0 Å². The van der Waals surface area contributed by atoms with Gasteiger partial charge in [-0.2, -0.15) is 11.8 Å². The molecule has 0 heterocycles. The topological polar surface area (TPSA) is 26.0 Å². The summed E-state index contributed by atoms with van der Waals surface area (Å²) in [6, 6.07) is 0. The molecule has 0 saturated heterocycles. The van der Waals surface area contributed by atoms with Crippen LogP contribution in [0.5, 0.6) is 0 Å². The normalized spacial score (nSPS) is 31.8. The second kappa shape index (κ2) is 7.56. The molecule has 1 aliphatic rings. The summed E-state index contributed by atoms with van der Waals surface area (Å²) in [6.45, 7) is 5.49. The van der Waals surface area contributed by atoms with Gasteiger partial charge in [-0.05, 0) is 43.4 Å². The van der Waals surface area contributed by atoms with E-state index in [-0.39, 0.29) is 0 Å². The second-order valence-electron chi connectivity index (χ2n) is 4.87. The highest BCUT2D eigenvalue weighted by atomic mass is 32.2. The predicted molar refractivity (Wildman–Crippen MR) is 71.3 cm³/mol. The van der Waals surface area contributed by atoms with Crippen molar-refractivity contribution in [2.75, 3.05) is 12.3 Å². The van der Waals surface area contributed by atoms with Crippen molar-refractivity contribution in [3.8, 4) is 0 Å². The van der Waals surface area contributed by atoms with Gasteiger partial charge in [0.15, 0.2) is 0 Å². The van der Waals surface area contributed by atoms with Crippen LogP contribution in [0.25, 0.3) is 0 Å². The lowest BCUT2D eigenvalue weighted by molar-refractivity contribution is 0.276. The van der Waals surface area contributed by atoms with Gasteiger partial charge in [-0.15, -0.1) is 0 Å². The van der Waals surface area contributed by atoms with Crippen LogP contribution >= 0.6 is 11.8 Å². The summed E-state index contributed by atoms with van der Waals surface area (Å²) in [5, 5.41) is 0.861. The molecule has 0 aromatic carbocycles. The van der Waals surface area contributed by atoms with Crippen LogP contribution in [0.1, 0.15) is 52.4 Å². The number of rotatable bonds is 6. The van der Waals surface area contributed by atoms with Gasteiger partial charge in [-0.3, -0.25) is 0 Å². The second-order valence-corrected chi connectivity index (χ2v) is 6.22. The van der Waals surface area contributed by atoms with Crippen molar-refractivity contribution in [3.63, 3.8) is 0 Å². The molecule has 1 fully saturated rings. The molecule has 0 aromatic heterocycles. The summed E-state index contributed by atoms with van der Waals surface area (Å²) in [6.07, 6.45) is 8.32. The molecule has 2 N–H and O–H groups in total. The summed E-state index contributed by atoms with van der Waals surface area (Å²) in [7, 11) is 0. The van der Waals surface area contributed by atoms with Gasteiger partial charge in [0.2, 0.25) is 0 Å². The lowest BCUT2D eigenvalue weighted by atomic mass is 9.80. The van der Waals surface area contributed by atoms with E-state index in [1.54, 1.807) is 0 Å². The van der Waals surface area contributed by atoms with E-state index in [9.17, 15) is 0 Å². The Morgan fingerprint density at radius 1 is 1.20 bits per heavy atom. The molecule has 2 heteroatoms. The Kier molecular flexibility index (Phi) is 6.74. The number of nitrogens with two attached hydrogens (primary N) is 1. The third-order valence-corrected chi connectivity index (χ3v) is 5.22. The molecule has 0 amide bonds. The number of hydrogen-bond donors (Lipinski definition) is 1. The molecule has 1 aliphatic carbocycles. The highest BCUT2D eigenvalue weighted by Gasteiger charge is 2.29. The maximum atomic E-state index is 5.87. The van der Waals surface area contributed by atoms with E-state index in [1.807, 2.05) is 0 Å². The molecule has 1 nitrogen and oxygen atoms in total. The molecular weight excluding hydrogens is 202 g/mol. The maximum absolute atomic E-state index is 5.87. The minimum atomic E-state index is 0.801. The first kappa shape index (κ1) is 13.4. The Morgan fingerprint density at radius 3 is 2.60 bits per heavy atom. The molecule has 15 heavy (non-hydrogen) atoms. The minimum absolute atomic E-state index is 0.801. The van der Waals surface area contributed by atoms with Crippen molar-refractivity contribution >= 4 is 11.8 Å². The van der Waals surface area contributed by atoms with Crippen molar-refractivity contribution in [3.05, 3.63) is 0 Å². The Bertz CT molecular complexity index is 161. The van der Waals surface area contributed by atoms with E-state index in [4.69, 9.17) is 5.73 Å².